The van der Waals surface area contributed by atoms with Crippen molar-refractivity contribution in [2.24, 2.45) is 0 Å². The molecule has 0 atom stereocenters. The predicted molar refractivity (Wildman–Crippen MR) is 136 cm³/mol. The van der Waals surface area contributed by atoms with E-state index >= 15 is 0 Å². The summed E-state index contributed by atoms with van der Waals surface area (Å²) in [5, 5.41) is 23.8. The fourth-order valence-corrected chi connectivity index (χ4v) is 3.49. The quantitative estimate of drug-likeness (QED) is 0.123. The molecule has 0 aliphatic heterocycles. The number of non-ortho nitro benzene ring substituents is 1. The lowest BCUT2D eigenvalue weighted by Gasteiger charge is -2.12. The second-order valence-corrected chi connectivity index (χ2v) is 8.02. The van der Waals surface area contributed by atoms with Gasteiger partial charge in [0.15, 0.2) is 0 Å². The van der Waals surface area contributed by atoms with Gasteiger partial charge < -0.3 is 10.1 Å². The van der Waals surface area contributed by atoms with Crippen LogP contribution in [0.2, 0.25) is 5.02 Å². The lowest BCUT2D eigenvalue weighted by Crippen LogP contribution is -2.14. The highest BCUT2D eigenvalue weighted by Crippen LogP contribution is 2.26. The van der Waals surface area contributed by atoms with Crippen LogP contribution >= 0.6 is 11.6 Å². The van der Waals surface area contributed by atoms with Crippen molar-refractivity contribution in [1.29, 1.82) is 5.26 Å². The van der Waals surface area contributed by atoms with Crippen LogP contribution in [-0.2, 0) is 17.8 Å². The summed E-state index contributed by atoms with van der Waals surface area (Å²) in [7, 11) is 0. The van der Waals surface area contributed by atoms with Gasteiger partial charge in [-0.25, -0.2) is 0 Å². The SMILES string of the molecule is C=CCc1cc(/C=C(/C#N)C(=O)Nc2cccc(Cl)c2C)ccc1OCc1cccc([N+](=O)[O-])c1. The third-order valence-electron chi connectivity index (χ3n) is 5.16. The molecule has 7 nitrogen and oxygen atoms in total. The molecule has 0 aromatic heterocycles. The van der Waals surface area contributed by atoms with Gasteiger partial charge in [0, 0.05) is 22.8 Å². The summed E-state index contributed by atoms with van der Waals surface area (Å²) in [6, 6.07) is 18.6. The maximum atomic E-state index is 12.7. The first-order valence-corrected chi connectivity index (χ1v) is 11.0. The van der Waals surface area contributed by atoms with E-state index in [-0.39, 0.29) is 17.9 Å². The second-order valence-electron chi connectivity index (χ2n) is 7.61. The third-order valence-corrected chi connectivity index (χ3v) is 5.57. The van der Waals surface area contributed by atoms with Crippen molar-refractivity contribution in [1.82, 2.24) is 0 Å². The van der Waals surface area contributed by atoms with Gasteiger partial charge in [-0.05, 0) is 65.9 Å². The average Bonchev–Trinajstić information content (AvgIpc) is 2.85. The zero-order valence-electron chi connectivity index (χ0n) is 19.0. The molecule has 1 N–H and O–H groups in total. The Kier molecular flexibility index (Phi) is 8.38. The smallest absolute Gasteiger partial charge is 0.269 e. The fourth-order valence-electron chi connectivity index (χ4n) is 3.31. The van der Waals surface area contributed by atoms with Gasteiger partial charge in [0.05, 0.1) is 4.92 Å². The van der Waals surface area contributed by atoms with Crippen molar-refractivity contribution in [3.8, 4) is 11.8 Å². The number of nitro benzene ring substituents is 1. The van der Waals surface area contributed by atoms with Gasteiger partial charge in [-0.3, -0.25) is 14.9 Å². The van der Waals surface area contributed by atoms with Crippen molar-refractivity contribution >= 4 is 35.0 Å². The Balaban J connectivity index is 1.81. The minimum atomic E-state index is -0.547. The number of halogens is 1. The number of nitriles is 1. The molecule has 0 saturated carbocycles. The van der Waals surface area contributed by atoms with Crippen LogP contribution in [0.15, 0.2) is 78.9 Å². The Bertz CT molecular complexity index is 1360. The lowest BCUT2D eigenvalue weighted by atomic mass is 10.0. The van der Waals surface area contributed by atoms with E-state index in [1.807, 2.05) is 6.07 Å². The summed E-state index contributed by atoms with van der Waals surface area (Å²) in [5.74, 6) is 0.0280. The summed E-state index contributed by atoms with van der Waals surface area (Å²) < 4.78 is 5.90. The van der Waals surface area contributed by atoms with Crippen LogP contribution in [0.3, 0.4) is 0 Å². The van der Waals surface area contributed by atoms with E-state index in [0.29, 0.717) is 39.6 Å². The molecule has 3 rings (SSSR count). The summed E-state index contributed by atoms with van der Waals surface area (Å²) in [4.78, 5) is 23.2. The predicted octanol–water partition coefficient (Wildman–Crippen LogP) is 6.41. The first kappa shape index (κ1) is 25.2. The maximum Gasteiger partial charge on any atom is 0.269 e. The highest BCUT2D eigenvalue weighted by molar-refractivity contribution is 6.31. The van der Waals surface area contributed by atoms with E-state index in [2.05, 4.69) is 11.9 Å². The molecule has 8 heteroatoms. The molecule has 0 aliphatic rings. The topological polar surface area (TPSA) is 105 Å². The lowest BCUT2D eigenvalue weighted by molar-refractivity contribution is -0.384. The number of hydrogen-bond donors (Lipinski definition) is 1. The molecule has 0 spiro atoms. The van der Waals surface area contributed by atoms with Crippen LogP contribution in [0, 0.1) is 28.4 Å². The molecular formula is C27H22ClN3O4. The normalized spacial score (nSPS) is 10.8. The number of amides is 1. The maximum absolute atomic E-state index is 12.7. The van der Waals surface area contributed by atoms with Gasteiger partial charge >= 0.3 is 0 Å². The Morgan fingerprint density at radius 2 is 2.00 bits per heavy atom. The number of allylic oxidation sites excluding steroid dienone is 1. The summed E-state index contributed by atoms with van der Waals surface area (Å²) >= 11 is 6.11. The number of ether oxygens (including phenoxy) is 1. The van der Waals surface area contributed by atoms with Crippen LogP contribution in [0.4, 0.5) is 11.4 Å². The molecule has 0 radical (unpaired) electrons. The van der Waals surface area contributed by atoms with Crippen molar-refractivity contribution in [2.45, 2.75) is 20.0 Å². The van der Waals surface area contributed by atoms with Gasteiger partial charge in [0.25, 0.3) is 11.6 Å². The Morgan fingerprint density at radius 1 is 1.23 bits per heavy atom. The molecule has 0 unspecified atom stereocenters. The van der Waals surface area contributed by atoms with Gasteiger partial charge in [-0.2, -0.15) is 5.26 Å². The second kappa shape index (κ2) is 11.6. The van der Waals surface area contributed by atoms with E-state index in [4.69, 9.17) is 16.3 Å². The zero-order valence-corrected chi connectivity index (χ0v) is 19.7. The Labute approximate surface area is 208 Å². The van der Waals surface area contributed by atoms with Crippen LogP contribution in [0.25, 0.3) is 6.08 Å². The number of nitrogens with zero attached hydrogens (tertiary/aromatic N) is 2. The van der Waals surface area contributed by atoms with Gasteiger partial charge in [0.1, 0.15) is 24.0 Å². The molecular weight excluding hydrogens is 466 g/mol. The number of nitrogens with one attached hydrogen (secondary N) is 1. The molecule has 1 amide bonds. The number of carbonyl (C=O) groups is 1. The van der Waals surface area contributed by atoms with Crippen molar-refractivity contribution in [3.05, 3.63) is 116 Å². The first-order valence-electron chi connectivity index (χ1n) is 10.6. The number of anilines is 1. The molecule has 0 bridgehead atoms. The zero-order chi connectivity index (χ0) is 25.4. The molecule has 3 aromatic carbocycles. The van der Waals surface area contributed by atoms with E-state index in [1.54, 1.807) is 61.5 Å². The molecule has 0 saturated heterocycles. The molecule has 3 aromatic rings. The van der Waals surface area contributed by atoms with Gasteiger partial charge in [-0.1, -0.05) is 41.9 Å². The van der Waals surface area contributed by atoms with Crippen LogP contribution < -0.4 is 10.1 Å². The number of hydrogen-bond acceptors (Lipinski definition) is 5. The number of nitro groups is 1. The fraction of sp³-hybridized carbons (Fsp3) is 0.111. The van der Waals surface area contributed by atoms with E-state index in [9.17, 15) is 20.2 Å². The molecule has 0 fully saturated rings. The molecule has 176 valence electrons. The third kappa shape index (κ3) is 6.56. The van der Waals surface area contributed by atoms with Crippen LogP contribution in [0.1, 0.15) is 22.3 Å². The van der Waals surface area contributed by atoms with Crippen molar-refractivity contribution < 1.29 is 14.5 Å². The van der Waals surface area contributed by atoms with Crippen molar-refractivity contribution in [2.75, 3.05) is 5.32 Å². The van der Waals surface area contributed by atoms with E-state index in [1.165, 1.54) is 18.2 Å². The summed E-state index contributed by atoms with van der Waals surface area (Å²) in [5.41, 5.74) is 3.25. The molecule has 0 aliphatic carbocycles. The Morgan fingerprint density at radius 3 is 2.71 bits per heavy atom. The number of rotatable bonds is 9. The largest absolute Gasteiger partial charge is 0.489 e. The van der Waals surface area contributed by atoms with E-state index < -0.39 is 10.8 Å². The number of benzene rings is 3. The van der Waals surface area contributed by atoms with Gasteiger partial charge in [-0.15, -0.1) is 6.58 Å². The summed E-state index contributed by atoms with van der Waals surface area (Å²) in [6.45, 7) is 5.69. The van der Waals surface area contributed by atoms with E-state index in [0.717, 1.165) is 5.56 Å². The number of carbonyl (C=O) groups excluding carboxylic acids is 1. The monoisotopic (exact) mass is 487 g/mol. The van der Waals surface area contributed by atoms with Crippen molar-refractivity contribution in [3.63, 3.8) is 0 Å². The molecule has 0 heterocycles. The first-order chi connectivity index (χ1) is 16.8. The Hall–Kier alpha value is -4.41. The summed E-state index contributed by atoms with van der Waals surface area (Å²) in [6.07, 6.45) is 3.69. The minimum absolute atomic E-state index is 0.00632. The average molecular weight is 488 g/mol. The molecule has 35 heavy (non-hydrogen) atoms. The van der Waals surface area contributed by atoms with Crippen LogP contribution in [0.5, 0.6) is 5.75 Å². The highest BCUT2D eigenvalue weighted by Gasteiger charge is 2.13. The minimum Gasteiger partial charge on any atom is -0.489 e. The standard InChI is InChI=1S/C27H22ClN3O4/c1-3-6-21-13-19(11-12-26(21)35-17-20-7-4-8-23(15-20)31(33)34)14-22(16-29)27(32)30-25-10-5-9-24(28)18(25)2/h3-5,7-15H,1,6,17H2,2H3,(H,30,32)/b22-14-. The highest BCUT2D eigenvalue weighted by atomic mass is 35.5. The van der Waals surface area contributed by atoms with Crippen LogP contribution in [-0.4, -0.2) is 10.8 Å². The van der Waals surface area contributed by atoms with Gasteiger partial charge in [0.2, 0.25) is 0 Å².